The largest absolute Gasteiger partial charge is 0.359 e. The molecule has 5 heteroatoms. The SMILES string of the molecule is CNC(=O)CC1CCN1CC(=O)NC. The maximum absolute atomic E-state index is 11.1. The predicted molar refractivity (Wildman–Crippen MR) is 52.7 cm³/mol. The van der Waals surface area contributed by atoms with E-state index in [9.17, 15) is 9.59 Å². The van der Waals surface area contributed by atoms with Crippen molar-refractivity contribution in [3.8, 4) is 0 Å². The van der Waals surface area contributed by atoms with E-state index in [-0.39, 0.29) is 17.9 Å². The summed E-state index contributed by atoms with van der Waals surface area (Å²) in [5.41, 5.74) is 0. The number of hydrogen-bond donors (Lipinski definition) is 2. The molecule has 80 valence electrons. The standard InChI is InChI=1S/C9H17N3O2/c1-10-8(13)5-7-3-4-12(7)6-9(14)11-2/h7H,3-6H2,1-2H3,(H,10,13)(H,11,14). The number of carbonyl (C=O) groups is 2. The fourth-order valence-corrected chi connectivity index (χ4v) is 1.51. The van der Waals surface area contributed by atoms with E-state index in [2.05, 4.69) is 10.6 Å². The Labute approximate surface area is 83.8 Å². The summed E-state index contributed by atoms with van der Waals surface area (Å²) in [6.07, 6.45) is 1.50. The van der Waals surface area contributed by atoms with Crippen molar-refractivity contribution in [1.29, 1.82) is 0 Å². The van der Waals surface area contributed by atoms with Gasteiger partial charge in [0.25, 0.3) is 0 Å². The van der Waals surface area contributed by atoms with Crippen molar-refractivity contribution in [3.05, 3.63) is 0 Å². The molecule has 0 radical (unpaired) electrons. The van der Waals surface area contributed by atoms with Crippen LogP contribution in [0.25, 0.3) is 0 Å². The minimum absolute atomic E-state index is 0.00612. The van der Waals surface area contributed by atoms with Gasteiger partial charge in [0.15, 0.2) is 0 Å². The van der Waals surface area contributed by atoms with Crippen molar-refractivity contribution in [2.75, 3.05) is 27.2 Å². The Bertz CT molecular complexity index is 206. The molecule has 2 N–H and O–H groups in total. The third-order valence-electron chi connectivity index (χ3n) is 2.59. The van der Waals surface area contributed by atoms with Crippen molar-refractivity contribution in [2.24, 2.45) is 0 Å². The van der Waals surface area contributed by atoms with Crippen LogP contribution in [0.1, 0.15) is 12.8 Å². The second kappa shape index (κ2) is 4.95. The number of likely N-dealkylation sites (N-methyl/N-ethyl adjacent to an activating group) is 1. The molecule has 1 heterocycles. The molecule has 0 aromatic heterocycles. The van der Waals surface area contributed by atoms with E-state index in [0.717, 1.165) is 13.0 Å². The van der Waals surface area contributed by atoms with E-state index in [4.69, 9.17) is 0 Å². The number of amides is 2. The van der Waals surface area contributed by atoms with Crippen LogP contribution in [-0.4, -0.2) is 49.9 Å². The number of nitrogens with one attached hydrogen (secondary N) is 2. The first kappa shape index (κ1) is 11.0. The number of likely N-dealkylation sites (tertiary alicyclic amines) is 1. The maximum atomic E-state index is 11.1. The summed E-state index contributed by atoms with van der Waals surface area (Å²) in [4.78, 5) is 24.2. The Balaban J connectivity index is 2.28. The highest BCUT2D eigenvalue weighted by molar-refractivity contribution is 5.78. The Morgan fingerprint density at radius 3 is 2.36 bits per heavy atom. The molecule has 1 atom stereocenters. The molecular formula is C9H17N3O2. The second-order valence-electron chi connectivity index (χ2n) is 3.46. The highest BCUT2D eigenvalue weighted by atomic mass is 16.2. The van der Waals surface area contributed by atoms with Gasteiger partial charge < -0.3 is 10.6 Å². The molecule has 1 saturated heterocycles. The van der Waals surface area contributed by atoms with Gasteiger partial charge >= 0.3 is 0 Å². The van der Waals surface area contributed by atoms with Gasteiger partial charge in [0.05, 0.1) is 6.54 Å². The van der Waals surface area contributed by atoms with E-state index < -0.39 is 0 Å². The fourth-order valence-electron chi connectivity index (χ4n) is 1.51. The van der Waals surface area contributed by atoms with Gasteiger partial charge in [-0.15, -0.1) is 0 Å². The quantitative estimate of drug-likeness (QED) is 0.607. The molecule has 0 saturated carbocycles. The summed E-state index contributed by atoms with van der Waals surface area (Å²) < 4.78 is 0. The Morgan fingerprint density at radius 2 is 1.93 bits per heavy atom. The Morgan fingerprint density at radius 1 is 1.29 bits per heavy atom. The molecule has 2 amide bonds. The molecule has 1 rings (SSSR count). The van der Waals surface area contributed by atoms with Crippen LogP contribution in [0.2, 0.25) is 0 Å². The molecule has 0 aromatic rings. The van der Waals surface area contributed by atoms with Crippen LogP contribution in [0.4, 0.5) is 0 Å². The summed E-state index contributed by atoms with van der Waals surface area (Å²) in [5, 5.41) is 5.16. The van der Waals surface area contributed by atoms with E-state index in [1.165, 1.54) is 0 Å². The summed E-state index contributed by atoms with van der Waals surface area (Å²) in [6, 6.07) is 0.243. The van der Waals surface area contributed by atoms with Crippen LogP contribution < -0.4 is 10.6 Å². The van der Waals surface area contributed by atoms with Crippen molar-refractivity contribution in [3.63, 3.8) is 0 Å². The first-order valence-corrected chi connectivity index (χ1v) is 4.82. The maximum Gasteiger partial charge on any atom is 0.233 e. The van der Waals surface area contributed by atoms with Gasteiger partial charge in [-0.25, -0.2) is 0 Å². The Hall–Kier alpha value is -1.10. The molecule has 1 aliphatic rings. The molecule has 0 spiro atoms. The molecule has 1 aliphatic heterocycles. The van der Waals surface area contributed by atoms with Gasteiger partial charge in [-0.1, -0.05) is 0 Å². The number of rotatable bonds is 4. The van der Waals surface area contributed by atoms with Crippen LogP contribution >= 0.6 is 0 Å². The highest BCUT2D eigenvalue weighted by Gasteiger charge is 2.30. The summed E-state index contributed by atoms with van der Waals surface area (Å²) in [6.45, 7) is 1.31. The van der Waals surface area contributed by atoms with Crippen LogP contribution in [0.15, 0.2) is 0 Å². The number of nitrogens with zero attached hydrogens (tertiary/aromatic N) is 1. The smallest absolute Gasteiger partial charge is 0.233 e. The molecule has 0 aromatic carbocycles. The monoisotopic (exact) mass is 199 g/mol. The third-order valence-corrected chi connectivity index (χ3v) is 2.59. The van der Waals surface area contributed by atoms with Crippen molar-refractivity contribution in [1.82, 2.24) is 15.5 Å². The molecule has 14 heavy (non-hydrogen) atoms. The highest BCUT2D eigenvalue weighted by Crippen LogP contribution is 2.19. The van der Waals surface area contributed by atoms with Crippen molar-refractivity contribution < 1.29 is 9.59 Å². The molecule has 1 unspecified atom stereocenters. The summed E-state index contributed by atoms with van der Waals surface area (Å²) in [7, 11) is 3.25. The number of hydrogen-bond acceptors (Lipinski definition) is 3. The van der Waals surface area contributed by atoms with Crippen LogP contribution in [0, 0.1) is 0 Å². The van der Waals surface area contributed by atoms with Gasteiger partial charge in [-0.3, -0.25) is 14.5 Å². The summed E-state index contributed by atoms with van der Waals surface area (Å²) >= 11 is 0. The first-order chi connectivity index (χ1) is 6.67. The average Bonchev–Trinajstić information content (AvgIpc) is 2.19. The van der Waals surface area contributed by atoms with Crippen LogP contribution in [0.5, 0.6) is 0 Å². The first-order valence-electron chi connectivity index (χ1n) is 4.82. The van der Waals surface area contributed by atoms with Crippen LogP contribution in [0.3, 0.4) is 0 Å². The molecular weight excluding hydrogens is 182 g/mol. The lowest BCUT2D eigenvalue weighted by Gasteiger charge is -2.39. The molecule has 5 nitrogen and oxygen atoms in total. The molecule has 0 aliphatic carbocycles. The Kier molecular flexibility index (Phi) is 3.88. The van der Waals surface area contributed by atoms with E-state index in [1.54, 1.807) is 14.1 Å². The lowest BCUT2D eigenvalue weighted by atomic mass is 9.99. The lowest BCUT2D eigenvalue weighted by Crippen LogP contribution is -2.52. The lowest BCUT2D eigenvalue weighted by molar-refractivity contribution is -0.127. The average molecular weight is 199 g/mol. The molecule has 1 fully saturated rings. The zero-order chi connectivity index (χ0) is 10.6. The third kappa shape index (κ3) is 2.70. The predicted octanol–water partition coefficient (Wildman–Crippen LogP) is -1.06. The minimum atomic E-state index is 0.00612. The summed E-state index contributed by atoms with van der Waals surface area (Å²) in [5.74, 6) is 0.0446. The van der Waals surface area contributed by atoms with Gasteiger partial charge in [0, 0.05) is 33.1 Å². The van der Waals surface area contributed by atoms with E-state index in [0.29, 0.717) is 13.0 Å². The zero-order valence-corrected chi connectivity index (χ0v) is 8.67. The normalized spacial score (nSPS) is 21.1. The zero-order valence-electron chi connectivity index (χ0n) is 8.67. The van der Waals surface area contributed by atoms with Crippen molar-refractivity contribution >= 4 is 11.8 Å². The van der Waals surface area contributed by atoms with Gasteiger partial charge in [0.1, 0.15) is 0 Å². The van der Waals surface area contributed by atoms with Gasteiger partial charge in [0.2, 0.25) is 11.8 Å². The second-order valence-corrected chi connectivity index (χ2v) is 3.46. The van der Waals surface area contributed by atoms with Gasteiger partial charge in [-0.2, -0.15) is 0 Å². The van der Waals surface area contributed by atoms with Crippen molar-refractivity contribution in [2.45, 2.75) is 18.9 Å². The fraction of sp³-hybridized carbons (Fsp3) is 0.778. The minimum Gasteiger partial charge on any atom is -0.359 e. The number of carbonyl (C=O) groups excluding carboxylic acids is 2. The van der Waals surface area contributed by atoms with Gasteiger partial charge in [-0.05, 0) is 6.42 Å². The van der Waals surface area contributed by atoms with E-state index >= 15 is 0 Å². The van der Waals surface area contributed by atoms with E-state index in [1.807, 2.05) is 4.90 Å². The van der Waals surface area contributed by atoms with Crippen LogP contribution in [-0.2, 0) is 9.59 Å². The topological polar surface area (TPSA) is 61.4 Å². The molecule has 0 bridgehead atoms.